The topological polar surface area (TPSA) is 87.5 Å². The number of carbonyl (C=O) groups excluding carboxylic acids is 2. The van der Waals surface area contributed by atoms with E-state index in [-0.39, 0.29) is 30.8 Å². The number of hydrogen-bond donors (Lipinski definition) is 3. The second-order valence-electron chi connectivity index (χ2n) is 7.58. The van der Waals surface area contributed by atoms with Crippen molar-refractivity contribution in [2.75, 3.05) is 19.6 Å². The summed E-state index contributed by atoms with van der Waals surface area (Å²) in [5.41, 5.74) is 9.74. The van der Waals surface area contributed by atoms with Gasteiger partial charge in [-0.3, -0.25) is 4.79 Å². The summed E-state index contributed by atoms with van der Waals surface area (Å²) in [6.07, 6.45) is 1.17. The summed E-state index contributed by atoms with van der Waals surface area (Å²) in [7, 11) is 0. The Balaban J connectivity index is 0.00000320. The molecular formula is C23H31ClN4O2. The lowest BCUT2D eigenvalue weighted by atomic mass is 9.98. The molecular weight excluding hydrogens is 400 g/mol. The maximum Gasteiger partial charge on any atom is 0.312 e. The van der Waals surface area contributed by atoms with Crippen LogP contribution in [0.2, 0.25) is 0 Å². The predicted octanol–water partition coefficient (Wildman–Crippen LogP) is 3.25. The Kier molecular flexibility index (Phi) is 8.69. The normalized spacial score (nSPS) is 17.0. The fraction of sp³-hybridized carbons (Fsp3) is 0.391. The molecule has 0 aromatic heterocycles. The van der Waals surface area contributed by atoms with E-state index in [2.05, 4.69) is 41.8 Å². The molecule has 3 amide bonds. The van der Waals surface area contributed by atoms with Crippen LogP contribution in [0.1, 0.15) is 47.7 Å². The van der Waals surface area contributed by atoms with Crippen molar-refractivity contribution in [3.8, 4) is 0 Å². The number of hydrogen-bond acceptors (Lipinski definition) is 3. The number of nitrogens with zero attached hydrogens (tertiary/aromatic N) is 1. The van der Waals surface area contributed by atoms with E-state index in [0.717, 1.165) is 36.2 Å². The third-order valence-electron chi connectivity index (χ3n) is 5.48. The molecule has 1 heterocycles. The molecule has 0 radical (unpaired) electrons. The van der Waals surface area contributed by atoms with Gasteiger partial charge < -0.3 is 21.3 Å². The van der Waals surface area contributed by atoms with Gasteiger partial charge >= 0.3 is 6.03 Å². The smallest absolute Gasteiger partial charge is 0.312 e. The Morgan fingerprint density at radius 3 is 2.60 bits per heavy atom. The quantitative estimate of drug-likeness (QED) is 0.657. The largest absolute Gasteiger partial charge is 0.352 e. The summed E-state index contributed by atoms with van der Waals surface area (Å²) in [6, 6.07) is 15.2. The number of carbonyl (C=O) groups is 2. The number of rotatable bonds is 6. The van der Waals surface area contributed by atoms with Crippen molar-refractivity contribution in [3.63, 3.8) is 0 Å². The van der Waals surface area contributed by atoms with Gasteiger partial charge in [0.05, 0.1) is 18.5 Å². The summed E-state index contributed by atoms with van der Waals surface area (Å²) in [4.78, 5) is 26.7. The zero-order chi connectivity index (χ0) is 20.8. The van der Waals surface area contributed by atoms with Crippen molar-refractivity contribution in [2.24, 2.45) is 5.73 Å². The van der Waals surface area contributed by atoms with E-state index in [1.165, 1.54) is 5.56 Å². The number of piperazine rings is 1. The molecule has 1 saturated heterocycles. The monoisotopic (exact) mass is 430 g/mol. The van der Waals surface area contributed by atoms with Crippen molar-refractivity contribution in [1.29, 1.82) is 0 Å². The van der Waals surface area contributed by atoms with Crippen molar-refractivity contribution in [3.05, 3.63) is 70.8 Å². The van der Waals surface area contributed by atoms with Crippen molar-refractivity contribution < 1.29 is 9.59 Å². The molecule has 1 fully saturated rings. The molecule has 0 bridgehead atoms. The molecule has 1 aliphatic rings. The van der Waals surface area contributed by atoms with Crippen LogP contribution in [0.3, 0.4) is 0 Å². The van der Waals surface area contributed by atoms with Crippen LogP contribution in [0.5, 0.6) is 0 Å². The summed E-state index contributed by atoms with van der Waals surface area (Å²) in [5.74, 6) is 0.0105. The molecule has 3 rings (SSSR count). The molecule has 2 atom stereocenters. The van der Waals surface area contributed by atoms with Gasteiger partial charge in [0.15, 0.2) is 0 Å². The first-order valence-corrected chi connectivity index (χ1v) is 10.2. The Morgan fingerprint density at radius 1 is 1.23 bits per heavy atom. The average Bonchev–Trinajstić information content (AvgIpc) is 2.73. The molecule has 0 saturated carbocycles. The Labute approximate surface area is 184 Å². The van der Waals surface area contributed by atoms with Crippen molar-refractivity contribution >= 4 is 24.3 Å². The van der Waals surface area contributed by atoms with Gasteiger partial charge in [-0.1, -0.05) is 61.0 Å². The van der Waals surface area contributed by atoms with Gasteiger partial charge in [-0.15, -0.1) is 12.4 Å². The van der Waals surface area contributed by atoms with E-state index < -0.39 is 12.1 Å². The van der Waals surface area contributed by atoms with Gasteiger partial charge in [-0.2, -0.15) is 0 Å². The van der Waals surface area contributed by atoms with Crippen LogP contribution in [0, 0.1) is 6.92 Å². The highest BCUT2D eigenvalue weighted by Crippen LogP contribution is 2.26. The molecule has 0 aliphatic carbocycles. The first kappa shape index (κ1) is 23.7. The number of amides is 3. The second-order valence-corrected chi connectivity index (χ2v) is 7.58. The standard InChI is InChI=1S/C23H30N4O2.ClH/c1-3-17-7-9-18(10-8-17)21-15-25-11-12-27(21)22(28)14-20(26-23(24)29)19-6-4-5-16(2)13-19;/h4-10,13,20-21,25H,3,11-12,14-15H2,1-2H3,(H3,24,26,29);1H. The Morgan fingerprint density at radius 2 is 1.97 bits per heavy atom. The van der Waals surface area contributed by atoms with E-state index in [9.17, 15) is 9.59 Å². The van der Waals surface area contributed by atoms with Crippen LogP contribution >= 0.6 is 12.4 Å². The minimum atomic E-state index is -0.628. The molecule has 6 nitrogen and oxygen atoms in total. The minimum absolute atomic E-state index is 0. The third kappa shape index (κ3) is 5.97. The summed E-state index contributed by atoms with van der Waals surface area (Å²) >= 11 is 0. The summed E-state index contributed by atoms with van der Waals surface area (Å²) in [6.45, 7) is 6.22. The molecule has 162 valence electrons. The fourth-order valence-corrected chi connectivity index (χ4v) is 3.88. The minimum Gasteiger partial charge on any atom is -0.352 e. The molecule has 7 heteroatoms. The van der Waals surface area contributed by atoms with Crippen LogP contribution in [0.4, 0.5) is 4.79 Å². The van der Waals surface area contributed by atoms with Gasteiger partial charge in [0.25, 0.3) is 0 Å². The first-order valence-electron chi connectivity index (χ1n) is 10.2. The number of aryl methyl sites for hydroxylation is 2. The van der Waals surface area contributed by atoms with Crippen molar-refractivity contribution in [2.45, 2.75) is 38.8 Å². The maximum absolute atomic E-state index is 13.3. The molecule has 30 heavy (non-hydrogen) atoms. The lowest BCUT2D eigenvalue weighted by Crippen LogP contribution is -2.49. The van der Waals surface area contributed by atoms with Gasteiger partial charge in [0.2, 0.25) is 5.91 Å². The van der Waals surface area contributed by atoms with Gasteiger partial charge in [-0.25, -0.2) is 4.79 Å². The van der Waals surface area contributed by atoms with Gasteiger partial charge in [0, 0.05) is 19.6 Å². The molecule has 2 unspecified atom stereocenters. The second kappa shape index (κ2) is 11.0. The lowest BCUT2D eigenvalue weighted by Gasteiger charge is -2.37. The molecule has 2 aromatic rings. The number of nitrogens with one attached hydrogen (secondary N) is 2. The highest BCUT2D eigenvalue weighted by molar-refractivity contribution is 5.85. The number of urea groups is 1. The number of nitrogens with two attached hydrogens (primary N) is 1. The predicted molar refractivity (Wildman–Crippen MR) is 122 cm³/mol. The molecule has 2 aromatic carbocycles. The van der Waals surface area contributed by atoms with E-state index in [1.807, 2.05) is 36.1 Å². The zero-order valence-electron chi connectivity index (χ0n) is 17.6. The highest BCUT2D eigenvalue weighted by atomic mass is 35.5. The van der Waals surface area contributed by atoms with Crippen molar-refractivity contribution in [1.82, 2.24) is 15.5 Å². The van der Waals surface area contributed by atoms with Crippen LogP contribution in [-0.4, -0.2) is 36.5 Å². The maximum atomic E-state index is 13.3. The molecule has 4 N–H and O–H groups in total. The lowest BCUT2D eigenvalue weighted by molar-refractivity contribution is -0.135. The van der Waals surface area contributed by atoms with E-state index in [1.54, 1.807) is 0 Å². The van der Waals surface area contributed by atoms with Crippen LogP contribution in [-0.2, 0) is 11.2 Å². The summed E-state index contributed by atoms with van der Waals surface area (Å²) < 4.78 is 0. The van der Waals surface area contributed by atoms with Crippen LogP contribution in [0.15, 0.2) is 48.5 Å². The van der Waals surface area contributed by atoms with Gasteiger partial charge in [-0.05, 0) is 30.0 Å². The molecule has 0 spiro atoms. The summed E-state index contributed by atoms with van der Waals surface area (Å²) in [5, 5.41) is 6.13. The average molecular weight is 431 g/mol. The Hall–Kier alpha value is -2.57. The van der Waals surface area contributed by atoms with Crippen LogP contribution < -0.4 is 16.4 Å². The number of primary amides is 1. The number of halogens is 1. The van der Waals surface area contributed by atoms with E-state index >= 15 is 0 Å². The van der Waals surface area contributed by atoms with E-state index in [4.69, 9.17) is 5.73 Å². The third-order valence-corrected chi connectivity index (χ3v) is 5.48. The number of benzene rings is 2. The first-order chi connectivity index (χ1) is 14.0. The Bertz CT molecular complexity index is 857. The van der Waals surface area contributed by atoms with Gasteiger partial charge in [0.1, 0.15) is 0 Å². The SMILES string of the molecule is CCc1ccc(C2CNCCN2C(=O)CC(NC(N)=O)c2cccc(C)c2)cc1.Cl. The van der Waals surface area contributed by atoms with Crippen LogP contribution in [0.25, 0.3) is 0 Å². The fourth-order valence-electron chi connectivity index (χ4n) is 3.88. The highest BCUT2D eigenvalue weighted by Gasteiger charge is 2.30. The molecule has 1 aliphatic heterocycles. The zero-order valence-corrected chi connectivity index (χ0v) is 18.4. The van der Waals surface area contributed by atoms with E-state index in [0.29, 0.717) is 6.54 Å².